The quantitative estimate of drug-likeness (QED) is 0.294. The lowest BCUT2D eigenvalue weighted by atomic mass is 9.88. The van der Waals surface area contributed by atoms with E-state index in [0.29, 0.717) is 23.4 Å². The van der Waals surface area contributed by atoms with Gasteiger partial charge in [-0.15, -0.1) is 24.0 Å². The van der Waals surface area contributed by atoms with Crippen LogP contribution in [0, 0.1) is 0 Å². The summed E-state index contributed by atoms with van der Waals surface area (Å²) < 4.78 is 0.967. The van der Waals surface area contributed by atoms with Crippen LogP contribution < -0.4 is 0 Å². The normalized spacial score (nSPS) is 19.7. The van der Waals surface area contributed by atoms with E-state index in [0.717, 1.165) is 29.3 Å². The molecule has 0 N–H and O–H groups in total. The molecule has 1 saturated heterocycles. The largest absolute Gasteiger partial charge is 0.300 e. The number of hydrogen-bond acceptors (Lipinski definition) is 3. The van der Waals surface area contributed by atoms with E-state index in [2.05, 4.69) is 20.8 Å². The lowest BCUT2D eigenvalue weighted by Gasteiger charge is -2.39. The van der Waals surface area contributed by atoms with E-state index >= 15 is 0 Å². The standard InChI is InChI=1S/C22H23BrClNO2.HI/c1-25-19(13-21(26)15-5-9-17(23)10-6-15)3-2-4-20(25)14-22(27)16-7-11-18(24)12-8-16;/h5-12,19-20H,2-4,13-14H2,1H3;1H. The predicted molar refractivity (Wildman–Crippen MR) is 128 cm³/mol. The summed E-state index contributed by atoms with van der Waals surface area (Å²) in [6, 6.07) is 14.9. The van der Waals surface area contributed by atoms with Crippen molar-refractivity contribution in [3.63, 3.8) is 0 Å². The van der Waals surface area contributed by atoms with Crippen molar-refractivity contribution >= 4 is 63.1 Å². The summed E-state index contributed by atoms with van der Waals surface area (Å²) in [7, 11) is 2.04. The molecule has 0 aromatic heterocycles. The van der Waals surface area contributed by atoms with Crippen molar-refractivity contribution in [2.75, 3.05) is 7.05 Å². The highest BCUT2D eigenvalue weighted by Gasteiger charge is 2.30. The molecule has 1 fully saturated rings. The van der Waals surface area contributed by atoms with Crippen molar-refractivity contribution in [3.05, 3.63) is 69.2 Å². The van der Waals surface area contributed by atoms with Crippen LogP contribution in [0.5, 0.6) is 0 Å². The fraction of sp³-hybridized carbons (Fsp3) is 0.364. The van der Waals surface area contributed by atoms with Crippen LogP contribution in [0.1, 0.15) is 52.8 Å². The summed E-state index contributed by atoms with van der Waals surface area (Å²) in [6.45, 7) is 0. The molecule has 0 bridgehead atoms. The molecule has 2 unspecified atom stereocenters. The molecule has 2 aromatic carbocycles. The van der Waals surface area contributed by atoms with E-state index in [1.54, 1.807) is 24.3 Å². The van der Waals surface area contributed by atoms with E-state index in [1.807, 2.05) is 31.3 Å². The number of ketones is 2. The van der Waals surface area contributed by atoms with Gasteiger partial charge in [0.2, 0.25) is 0 Å². The number of likely N-dealkylation sites (tertiary alicyclic amines) is 1. The van der Waals surface area contributed by atoms with Crippen LogP contribution in [-0.2, 0) is 0 Å². The molecule has 0 amide bonds. The molecule has 0 radical (unpaired) electrons. The first-order valence-electron chi connectivity index (χ1n) is 9.23. The molecule has 3 nitrogen and oxygen atoms in total. The van der Waals surface area contributed by atoms with Crippen molar-refractivity contribution in [2.45, 2.75) is 44.2 Å². The number of halogens is 3. The van der Waals surface area contributed by atoms with E-state index < -0.39 is 0 Å². The van der Waals surface area contributed by atoms with Crippen molar-refractivity contribution in [1.29, 1.82) is 0 Å². The van der Waals surface area contributed by atoms with Crippen molar-refractivity contribution in [2.24, 2.45) is 0 Å². The Labute approximate surface area is 197 Å². The summed E-state index contributed by atoms with van der Waals surface area (Å²) in [6.07, 6.45) is 3.98. The Hall–Kier alpha value is -0.760. The monoisotopic (exact) mass is 575 g/mol. The van der Waals surface area contributed by atoms with Crippen LogP contribution in [-0.4, -0.2) is 35.6 Å². The van der Waals surface area contributed by atoms with E-state index in [-0.39, 0.29) is 47.6 Å². The minimum atomic E-state index is 0. The molecule has 1 aliphatic rings. The van der Waals surface area contributed by atoms with Gasteiger partial charge in [0.15, 0.2) is 11.6 Å². The smallest absolute Gasteiger partial charge is 0.164 e. The molecule has 0 spiro atoms. The number of nitrogens with zero attached hydrogens (tertiary/aromatic N) is 1. The molecule has 2 aromatic rings. The van der Waals surface area contributed by atoms with Gasteiger partial charge in [-0.05, 0) is 56.3 Å². The van der Waals surface area contributed by atoms with Crippen molar-refractivity contribution in [1.82, 2.24) is 4.90 Å². The molecule has 1 aliphatic heterocycles. The fourth-order valence-corrected chi connectivity index (χ4v) is 4.11. The first kappa shape index (κ1) is 23.5. The van der Waals surface area contributed by atoms with E-state index in [4.69, 9.17) is 11.6 Å². The third-order valence-corrected chi connectivity index (χ3v) is 6.18. The molecular formula is C22H24BrClINO2. The second kappa shape index (κ2) is 10.9. The number of rotatable bonds is 6. The van der Waals surface area contributed by atoms with Crippen LogP contribution in [0.25, 0.3) is 0 Å². The Balaban J connectivity index is 0.00000280. The lowest BCUT2D eigenvalue weighted by Crippen LogP contribution is -2.45. The Morgan fingerprint density at radius 1 is 0.929 bits per heavy atom. The third-order valence-electron chi connectivity index (χ3n) is 5.40. The number of benzene rings is 2. The summed E-state index contributed by atoms with van der Waals surface area (Å²) in [5.74, 6) is 0.285. The van der Waals surface area contributed by atoms with Gasteiger partial charge in [0.1, 0.15) is 0 Å². The Morgan fingerprint density at radius 3 is 1.82 bits per heavy atom. The zero-order valence-electron chi connectivity index (χ0n) is 15.7. The molecule has 0 saturated carbocycles. The van der Waals surface area contributed by atoms with Crippen LogP contribution in [0.3, 0.4) is 0 Å². The van der Waals surface area contributed by atoms with Gasteiger partial charge < -0.3 is 0 Å². The zero-order valence-corrected chi connectivity index (χ0v) is 20.4. The molecule has 1 heterocycles. The fourth-order valence-electron chi connectivity index (χ4n) is 3.72. The number of hydrogen-bond donors (Lipinski definition) is 0. The maximum atomic E-state index is 12.6. The zero-order chi connectivity index (χ0) is 19.4. The number of carbonyl (C=O) groups is 2. The highest BCUT2D eigenvalue weighted by Crippen LogP contribution is 2.27. The highest BCUT2D eigenvalue weighted by atomic mass is 127. The average molecular weight is 577 g/mol. The second-order valence-electron chi connectivity index (χ2n) is 7.17. The molecule has 28 heavy (non-hydrogen) atoms. The van der Waals surface area contributed by atoms with Crippen molar-refractivity contribution < 1.29 is 9.59 Å². The van der Waals surface area contributed by atoms with Gasteiger partial charge in [0.05, 0.1) is 0 Å². The van der Waals surface area contributed by atoms with Gasteiger partial charge >= 0.3 is 0 Å². The summed E-state index contributed by atoms with van der Waals surface area (Å²) in [5.41, 5.74) is 1.44. The highest BCUT2D eigenvalue weighted by molar-refractivity contribution is 14.0. The number of carbonyl (C=O) groups excluding carboxylic acids is 2. The molecule has 3 rings (SSSR count). The van der Waals surface area contributed by atoms with Gasteiger partial charge in [0, 0.05) is 45.5 Å². The molecular weight excluding hydrogens is 553 g/mol. The predicted octanol–water partition coefficient (Wildman–Crippen LogP) is 6.42. The van der Waals surface area contributed by atoms with Gasteiger partial charge in [-0.1, -0.05) is 46.1 Å². The Bertz CT molecular complexity index is 743. The van der Waals surface area contributed by atoms with Gasteiger partial charge in [-0.2, -0.15) is 0 Å². The summed E-state index contributed by atoms with van der Waals surface area (Å²) in [4.78, 5) is 27.5. The van der Waals surface area contributed by atoms with Gasteiger partial charge in [0.25, 0.3) is 0 Å². The van der Waals surface area contributed by atoms with Crippen LogP contribution >= 0.6 is 51.5 Å². The second-order valence-corrected chi connectivity index (χ2v) is 8.52. The topological polar surface area (TPSA) is 37.4 Å². The maximum absolute atomic E-state index is 12.6. The Kier molecular flexibility index (Phi) is 9.12. The minimum Gasteiger partial charge on any atom is -0.300 e. The van der Waals surface area contributed by atoms with E-state index in [1.165, 1.54) is 0 Å². The van der Waals surface area contributed by atoms with Crippen LogP contribution in [0.2, 0.25) is 5.02 Å². The number of Topliss-reactive ketones (excluding diaryl/α,β-unsaturated/α-hetero) is 2. The van der Waals surface area contributed by atoms with Crippen LogP contribution in [0.15, 0.2) is 53.0 Å². The summed E-state index contributed by atoms with van der Waals surface area (Å²) >= 11 is 9.30. The third kappa shape index (κ3) is 6.12. The number of piperidine rings is 1. The van der Waals surface area contributed by atoms with Gasteiger partial charge in [-0.25, -0.2) is 0 Å². The van der Waals surface area contributed by atoms with E-state index in [9.17, 15) is 9.59 Å². The van der Waals surface area contributed by atoms with Crippen molar-refractivity contribution in [3.8, 4) is 0 Å². The average Bonchev–Trinajstić information content (AvgIpc) is 2.66. The molecule has 2 atom stereocenters. The summed E-state index contributed by atoms with van der Waals surface area (Å²) in [5, 5.41) is 0.632. The maximum Gasteiger partial charge on any atom is 0.164 e. The Morgan fingerprint density at radius 2 is 1.36 bits per heavy atom. The van der Waals surface area contributed by atoms with Crippen LogP contribution in [0.4, 0.5) is 0 Å². The molecule has 0 aliphatic carbocycles. The lowest BCUT2D eigenvalue weighted by molar-refractivity contribution is 0.0723. The first-order chi connectivity index (χ1) is 12.9. The molecule has 150 valence electrons. The molecule has 6 heteroatoms. The minimum absolute atomic E-state index is 0. The SMILES string of the molecule is CN1C(CC(=O)c2ccc(Cl)cc2)CCCC1CC(=O)c1ccc(Br)cc1.I. The van der Waals surface area contributed by atoms with Gasteiger partial charge in [-0.3, -0.25) is 14.5 Å². The first-order valence-corrected chi connectivity index (χ1v) is 10.4.